The first-order valence-corrected chi connectivity index (χ1v) is 38.4. The maximum Gasteiger partial charge on any atom is 0.227 e. The minimum Gasteiger partial charge on any atom is -0.437 e. The van der Waals surface area contributed by atoms with Crippen LogP contribution in [0.1, 0.15) is 273 Å². The average molecular weight is 1530 g/mol. The number of benzene rings is 6. The third-order valence-corrected chi connectivity index (χ3v) is 22.7. The maximum absolute atomic E-state index is 9.96. The largest absolute Gasteiger partial charge is 0.437 e. The fourth-order valence-corrected chi connectivity index (χ4v) is 17.5. The smallest absolute Gasteiger partial charge is 0.227 e. The first-order valence-electron chi connectivity index (χ1n) is 52.4. The lowest BCUT2D eigenvalue weighted by Crippen LogP contribution is -2.35. The molecule has 0 fully saturated rings. The van der Waals surface area contributed by atoms with E-state index in [1.807, 2.05) is 137 Å². The standard InChI is InChI=1S/C38H45N2O.C36H41N2O.C30H29N2O/c1-23(2)25-17-18-40(10)31(19-25)32-24(3)15-16-27-29-20-28-26-13-11-12-14-30(26)38(21-36(4,5)6,22-37(7,8)9)34(28)39-35(29)41-33(27)32;1-21(2)19-36(20-22(3)4)30-12-10-9-11-26(30)28-18-29-27-14-13-24(7)32(33(27)39-35(29)37-34(28)36)31-17-25(23(5)6)15-16-38(31)8;1-17(2)19-13-14-32(6)24(15-19)25-18(3)11-12-21-26-27-22(16-31-29(26)33-28(21)25)20-9-7-8-10-23(20)30(27,4)5/h11-20,23H,21-22H2,1-10H3;9-18,21-23H,19-20H2,1-8H3;7-17H,1-6H3/q3*+1/i4D3,5D3,7D3,21D2,22D2,23D;1D3,3D3,19D2,20D2,21D,22D,23D;17D. The monoisotopic (exact) mass is 1520 g/mol. The lowest BCUT2D eigenvalue weighted by Gasteiger charge is -2.41. The van der Waals surface area contributed by atoms with Crippen LogP contribution < -0.4 is 13.7 Å². The van der Waals surface area contributed by atoms with E-state index in [1.165, 1.54) is 46.5 Å². The Balaban J connectivity index is 0.000000156. The third kappa shape index (κ3) is 12.9. The van der Waals surface area contributed by atoms with Gasteiger partial charge < -0.3 is 13.3 Å². The van der Waals surface area contributed by atoms with Gasteiger partial charge in [-0.15, -0.1) is 0 Å². The van der Waals surface area contributed by atoms with Gasteiger partial charge in [0.1, 0.15) is 21.1 Å². The van der Waals surface area contributed by atoms with Crippen molar-refractivity contribution in [3.05, 3.63) is 250 Å². The molecule has 3 aliphatic rings. The third-order valence-electron chi connectivity index (χ3n) is 22.7. The number of furan rings is 3. The molecule has 9 heteroatoms. The maximum atomic E-state index is 9.96. The Morgan fingerprint density at radius 2 is 0.814 bits per heavy atom. The topological polar surface area (TPSA) is 89.7 Å². The van der Waals surface area contributed by atoms with Crippen LogP contribution in [-0.4, -0.2) is 15.0 Å². The SMILES string of the molecule is [2H]C(C)(C)c1cc[n+](C)c(-c2c(C)ccc3c2oc2nc4c(cc23)-c2ccccc2C4(C([2H])([2H])C(C)(C)C([2H])([2H])[2H])C([2H])([2H])C(C)(C([2H])([2H])[2H])C([2H])([2H])[2H])c1.[2H]C(C)(C)c1cc[n+](C)c(-c2c(C)ccc3c2oc2nc4c(cc23)-c2ccccc2C4(C([2H])([2H])C([2H])(C)C([2H])([2H])[2H])C([2H])([2H])C([2H])(C)C([2H])([2H])[2H])c1.[2H]C(C)(C)c1cc[n+](C)c(-c2c(C)ccc3c2oc2ncc4c(c23)C(C)(C)c2ccccc2-4)c1. The van der Waals surface area contributed by atoms with E-state index in [9.17, 15) is 11.0 Å². The molecule has 9 heterocycles. The van der Waals surface area contributed by atoms with E-state index in [0.717, 1.165) is 107 Å². The molecular weight excluding hydrogens is 1380 g/mol. The van der Waals surface area contributed by atoms with Crippen LogP contribution in [-0.2, 0) is 37.4 Å². The Morgan fingerprint density at radius 3 is 1.25 bits per heavy atom. The molecule has 0 radical (unpaired) electrons. The van der Waals surface area contributed by atoms with Crippen LogP contribution in [0.4, 0.5) is 0 Å². The number of aromatic nitrogens is 6. The van der Waals surface area contributed by atoms with Gasteiger partial charge in [-0.2, -0.15) is 0 Å². The fourth-order valence-electron chi connectivity index (χ4n) is 17.5. The summed E-state index contributed by atoms with van der Waals surface area (Å²) in [5.74, 6) is -8.61. The summed E-state index contributed by atoms with van der Waals surface area (Å²) in [4.78, 5) is 14.5. The highest BCUT2D eigenvalue weighted by atomic mass is 16.3. The molecule has 6 aromatic carbocycles. The van der Waals surface area contributed by atoms with Gasteiger partial charge in [0.15, 0.2) is 35.3 Å². The molecule has 15 aromatic rings. The normalized spacial score (nSPS) is 22.2. The van der Waals surface area contributed by atoms with Crippen LogP contribution in [0.25, 0.3) is 133 Å². The predicted molar refractivity (Wildman–Crippen MR) is 468 cm³/mol. The minimum atomic E-state index is -3.59. The van der Waals surface area contributed by atoms with E-state index in [1.54, 1.807) is 64.1 Å². The number of hydrogen-bond acceptors (Lipinski definition) is 6. The van der Waals surface area contributed by atoms with Crippen molar-refractivity contribution in [1.82, 2.24) is 15.0 Å². The zero-order chi connectivity index (χ0) is 104. The van der Waals surface area contributed by atoms with Crippen molar-refractivity contribution in [1.29, 1.82) is 0 Å². The Labute approximate surface area is 709 Å². The highest BCUT2D eigenvalue weighted by molar-refractivity contribution is 6.14. The van der Waals surface area contributed by atoms with Crippen LogP contribution in [0.15, 0.2) is 196 Å². The summed E-state index contributed by atoms with van der Waals surface area (Å²) in [6, 6.07) is 47.8. The van der Waals surface area contributed by atoms with Crippen molar-refractivity contribution in [2.75, 3.05) is 0 Å². The second kappa shape index (κ2) is 28.0. The zero-order valence-corrected chi connectivity index (χ0v) is 67.7. The summed E-state index contributed by atoms with van der Waals surface area (Å²) in [6.07, 6.45) is -5.96. The highest BCUT2D eigenvalue weighted by Crippen LogP contribution is 2.60. The van der Waals surface area contributed by atoms with Crippen LogP contribution in [0.5, 0.6) is 0 Å². The molecule has 0 N–H and O–H groups in total. The molecule has 0 bridgehead atoms. The van der Waals surface area contributed by atoms with Crippen LogP contribution in [0, 0.1) is 43.4 Å². The first kappa shape index (κ1) is 50.0. The second-order valence-electron chi connectivity index (χ2n) is 32.9. The van der Waals surface area contributed by atoms with Crippen LogP contribution >= 0.6 is 0 Å². The molecule has 3 unspecified atom stereocenters. The van der Waals surface area contributed by atoms with Gasteiger partial charge in [0.05, 0.1) is 33.5 Å². The summed E-state index contributed by atoms with van der Waals surface area (Å²) >= 11 is 0. The van der Waals surface area contributed by atoms with E-state index in [4.69, 9.17) is 55.6 Å². The molecule has 113 heavy (non-hydrogen) atoms. The molecule has 3 atom stereocenters. The molecule has 0 saturated carbocycles. The Morgan fingerprint density at radius 1 is 0.434 bits per heavy atom. The van der Waals surface area contributed by atoms with E-state index >= 15 is 0 Å². The molecule has 576 valence electrons. The Kier molecular flexibility index (Phi) is 12.4. The van der Waals surface area contributed by atoms with Crippen molar-refractivity contribution in [2.24, 2.45) is 43.8 Å². The lowest BCUT2D eigenvalue weighted by atomic mass is 9.63. The lowest BCUT2D eigenvalue weighted by molar-refractivity contribution is -0.660. The van der Waals surface area contributed by atoms with E-state index in [0.29, 0.717) is 49.6 Å². The number of fused-ring (bicyclic) bond motifs is 19. The van der Waals surface area contributed by atoms with Crippen molar-refractivity contribution in [3.63, 3.8) is 0 Å². The average Bonchev–Trinajstić information content (AvgIpc) is 1.53. The molecule has 18 rings (SSSR count). The highest BCUT2D eigenvalue weighted by Gasteiger charge is 2.50. The molecule has 0 amide bonds. The number of pyridine rings is 6. The molecule has 0 spiro atoms. The second-order valence-corrected chi connectivity index (χ2v) is 32.9. The fraction of sp³-hybridized carbons (Fsp3) is 0.365. The van der Waals surface area contributed by atoms with E-state index in [2.05, 4.69) is 67.8 Å². The van der Waals surface area contributed by atoms with Crippen LogP contribution in [0.3, 0.4) is 0 Å². The quantitative estimate of drug-likeness (QED) is 0.113. The first-order chi connectivity index (χ1) is 64.5. The summed E-state index contributed by atoms with van der Waals surface area (Å²) in [7, 11) is 5.77. The summed E-state index contributed by atoms with van der Waals surface area (Å²) in [5, 5.41) is 4.38. The van der Waals surface area contributed by atoms with Crippen molar-refractivity contribution < 1.29 is 65.3 Å². The van der Waals surface area contributed by atoms with Gasteiger partial charge >= 0.3 is 0 Å². The molecular formula is C104H115N6O3+3. The van der Waals surface area contributed by atoms with Gasteiger partial charge in [-0.3, -0.25) is 0 Å². The van der Waals surface area contributed by atoms with Crippen molar-refractivity contribution in [3.8, 4) is 67.2 Å². The molecule has 0 aliphatic heterocycles. The van der Waals surface area contributed by atoms with Gasteiger partial charge in [0.2, 0.25) is 34.2 Å². The van der Waals surface area contributed by atoms with Crippen LogP contribution in [0.2, 0.25) is 0 Å². The van der Waals surface area contributed by atoms with Crippen molar-refractivity contribution >= 4 is 66.2 Å². The number of aryl methyl sites for hydroxylation is 6. The predicted octanol–water partition coefficient (Wildman–Crippen LogP) is 26.5. The van der Waals surface area contributed by atoms with Gasteiger partial charge in [0.25, 0.3) is 0 Å². The molecule has 0 saturated heterocycles. The summed E-state index contributed by atoms with van der Waals surface area (Å²) < 4.78 is 274. The van der Waals surface area contributed by atoms with Crippen molar-refractivity contribution in [2.45, 2.75) is 204 Å². The Bertz CT molecular complexity index is 7620. The number of rotatable bonds is 12. The van der Waals surface area contributed by atoms with Gasteiger partial charge in [-0.25, -0.2) is 28.7 Å². The number of hydrogen-bond donors (Lipinski definition) is 0. The minimum absolute atomic E-state index is 0.0508. The molecule has 3 aliphatic carbocycles. The number of nitrogens with zero attached hydrogens (tertiary/aromatic N) is 6. The molecule has 9 nitrogen and oxygen atoms in total. The summed E-state index contributed by atoms with van der Waals surface area (Å²) in [5.41, 5.74) is 5.75. The molecule has 9 aromatic heterocycles. The summed E-state index contributed by atoms with van der Waals surface area (Å²) in [6.45, 7) is 9.32. The van der Waals surface area contributed by atoms with Gasteiger partial charge in [0, 0.05) is 141 Å². The van der Waals surface area contributed by atoms with Gasteiger partial charge in [-0.1, -0.05) is 233 Å². The van der Waals surface area contributed by atoms with Gasteiger partial charge in [-0.05, 0) is 171 Å². The Hall–Kier alpha value is -10.4. The van der Waals surface area contributed by atoms with E-state index < -0.39 is 111 Å². The zero-order valence-electron chi connectivity index (χ0n) is 95.7. The van der Waals surface area contributed by atoms with E-state index in [-0.39, 0.29) is 61.6 Å².